The normalized spacial score (nSPS) is 20.4. The molecule has 13 heteroatoms. The maximum absolute atomic E-state index is 13.0. The van der Waals surface area contributed by atoms with Gasteiger partial charge < -0.3 is 35.2 Å². The molecule has 1 saturated heterocycles. The van der Waals surface area contributed by atoms with E-state index in [0.29, 0.717) is 6.42 Å². The van der Waals surface area contributed by atoms with Gasteiger partial charge in [0.2, 0.25) is 5.91 Å². The molecule has 0 radical (unpaired) electrons. The molecule has 1 fully saturated rings. The molecule has 1 rings (SSSR count). The van der Waals surface area contributed by atoms with Gasteiger partial charge in [-0.1, -0.05) is 212 Å². The molecule has 1 aliphatic rings. The molecular formula is C51H97NO11S. The molecule has 1 amide bonds. The first-order chi connectivity index (χ1) is 31.0. The fourth-order valence-electron chi connectivity index (χ4n) is 8.39. The monoisotopic (exact) mass is 932 g/mol. The highest BCUT2D eigenvalue weighted by Gasteiger charge is 2.48. The Hall–Kier alpha value is -1.42. The molecule has 6 N–H and O–H groups in total. The van der Waals surface area contributed by atoms with Crippen molar-refractivity contribution in [2.45, 2.75) is 281 Å². The van der Waals surface area contributed by atoms with Crippen molar-refractivity contribution in [2.75, 3.05) is 13.2 Å². The van der Waals surface area contributed by atoms with Gasteiger partial charge >= 0.3 is 10.4 Å². The second kappa shape index (κ2) is 41.7. The van der Waals surface area contributed by atoms with E-state index in [1.165, 1.54) is 173 Å². The van der Waals surface area contributed by atoms with Crippen LogP contribution in [0.5, 0.6) is 0 Å². The van der Waals surface area contributed by atoms with E-state index in [0.717, 1.165) is 38.5 Å². The van der Waals surface area contributed by atoms with Crippen molar-refractivity contribution in [3.8, 4) is 0 Å². The zero-order chi connectivity index (χ0) is 46.9. The van der Waals surface area contributed by atoms with Crippen LogP contribution in [0.1, 0.15) is 239 Å². The van der Waals surface area contributed by atoms with Gasteiger partial charge in [-0.3, -0.25) is 9.35 Å². The van der Waals surface area contributed by atoms with Crippen LogP contribution in [0.2, 0.25) is 0 Å². The number of hydrogen-bond donors (Lipinski definition) is 6. The topological polar surface area (TPSA) is 192 Å². The third-order valence-corrected chi connectivity index (χ3v) is 12.9. The van der Waals surface area contributed by atoms with Gasteiger partial charge in [0.15, 0.2) is 6.29 Å². The maximum Gasteiger partial charge on any atom is 0.397 e. The number of unbranched alkanes of at least 4 members (excludes halogenated alkanes) is 31. The lowest BCUT2D eigenvalue weighted by atomic mass is 9.99. The van der Waals surface area contributed by atoms with Crippen LogP contribution in [0, 0.1) is 0 Å². The predicted octanol–water partition coefficient (Wildman–Crippen LogP) is 11.3. The van der Waals surface area contributed by atoms with Crippen molar-refractivity contribution in [1.29, 1.82) is 0 Å². The van der Waals surface area contributed by atoms with Gasteiger partial charge in [0.1, 0.15) is 24.4 Å². The zero-order valence-corrected chi connectivity index (χ0v) is 41.4. The SMILES string of the molecule is CCCCCCCCCC/C=C/C(O)C(COC1OC(CO)C(O)C(OS(=O)(=O)O)C1O)NC(=O)CCCCCCCCCCCCC/C=C\CCCCCCCCCCCCCC. The molecule has 7 unspecified atom stereocenters. The van der Waals surface area contributed by atoms with Crippen LogP contribution in [0.15, 0.2) is 24.3 Å². The number of allylic oxidation sites excluding steroid dienone is 3. The van der Waals surface area contributed by atoms with Crippen LogP contribution in [-0.4, -0.2) is 95.4 Å². The second-order valence-electron chi connectivity index (χ2n) is 18.5. The smallest absolute Gasteiger partial charge is 0.394 e. The van der Waals surface area contributed by atoms with Crippen LogP contribution >= 0.6 is 0 Å². The van der Waals surface area contributed by atoms with Crippen molar-refractivity contribution < 1.29 is 51.8 Å². The van der Waals surface area contributed by atoms with E-state index >= 15 is 0 Å². The Kier molecular flexibility index (Phi) is 39.5. The first kappa shape index (κ1) is 60.6. The molecular weight excluding hydrogens is 835 g/mol. The average molecular weight is 932 g/mol. The molecule has 0 aromatic heterocycles. The van der Waals surface area contributed by atoms with E-state index in [2.05, 4.69) is 35.5 Å². The Bertz CT molecular complexity index is 1230. The highest BCUT2D eigenvalue weighted by molar-refractivity contribution is 7.80. The number of ether oxygens (including phenoxy) is 2. The maximum atomic E-state index is 13.0. The second-order valence-corrected chi connectivity index (χ2v) is 19.5. The van der Waals surface area contributed by atoms with E-state index in [1.54, 1.807) is 6.08 Å². The van der Waals surface area contributed by atoms with Crippen LogP contribution in [-0.2, 0) is 28.9 Å². The highest BCUT2D eigenvalue weighted by atomic mass is 32.3. The summed E-state index contributed by atoms with van der Waals surface area (Å²) in [6.45, 7) is 3.38. The van der Waals surface area contributed by atoms with Crippen LogP contribution < -0.4 is 5.32 Å². The molecule has 12 nitrogen and oxygen atoms in total. The van der Waals surface area contributed by atoms with Gasteiger partial charge in [0, 0.05) is 6.42 Å². The lowest BCUT2D eigenvalue weighted by molar-refractivity contribution is -0.298. The van der Waals surface area contributed by atoms with Gasteiger partial charge in [-0.05, 0) is 44.9 Å². The molecule has 1 aliphatic heterocycles. The van der Waals surface area contributed by atoms with E-state index in [9.17, 15) is 38.2 Å². The Labute approximate surface area is 391 Å². The summed E-state index contributed by atoms with van der Waals surface area (Å²) in [7, 11) is -5.08. The molecule has 1 heterocycles. The average Bonchev–Trinajstić information content (AvgIpc) is 3.27. The first-order valence-electron chi connectivity index (χ1n) is 26.2. The van der Waals surface area contributed by atoms with E-state index in [4.69, 9.17) is 9.47 Å². The summed E-state index contributed by atoms with van der Waals surface area (Å²) in [5, 5.41) is 44.7. The van der Waals surface area contributed by atoms with Gasteiger partial charge in [0.05, 0.1) is 25.4 Å². The number of carbonyl (C=O) groups is 1. The third kappa shape index (κ3) is 34.0. The zero-order valence-electron chi connectivity index (χ0n) is 40.6. The van der Waals surface area contributed by atoms with Crippen LogP contribution in [0.3, 0.4) is 0 Å². The minimum absolute atomic E-state index is 0.263. The molecule has 64 heavy (non-hydrogen) atoms. The Morgan fingerprint density at radius 1 is 0.609 bits per heavy atom. The van der Waals surface area contributed by atoms with Crippen molar-refractivity contribution in [3.05, 3.63) is 24.3 Å². The number of nitrogens with one attached hydrogen (secondary N) is 1. The number of hydrogen-bond acceptors (Lipinski definition) is 10. The fourth-order valence-corrected chi connectivity index (χ4v) is 8.90. The Balaban J connectivity index is 2.30. The summed E-state index contributed by atoms with van der Waals surface area (Å²) in [6, 6.07) is -0.941. The highest BCUT2D eigenvalue weighted by Crippen LogP contribution is 2.26. The van der Waals surface area contributed by atoms with Gasteiger partial charge in [-0.15, -0.1) is 0 Å². The minimum Gasteiger partial charge on any atom is -0.394 e. The largest absolute Gasteiger partial charge is 0.397 e. The number of aliphatic hydroxyl groups excluding tert-OH is 4. The van der Waals surface area contributed by atoms with E-state index in [1.807, 2.05) is 6.08 Å². The lowest BCUT2D eigenvalue weighted by Gasteiger charge is -2.41. The number of aliphatic hydroxyl groups is 4. The summed E-state index contributed by atoms with van der Waals surface area (Å²) < 4.78 is 47.6. The van der Waals surface area contributed by atoms with Crippen molar-refractivity contribution in [1.82, 2.24) is 5.32 Å². The minimum atomic E-state index is -5.08. The summed E-state index contributed by atoms with van der Waals surface area (Å²) in [5.41, 5.74) is 0. The van der Waals surface area contributed by atoms with Gasteiger partial charge in [-0.2, -0.15) is 8.42 Å². The molecule has 0 aromatic rings. The number of rotatable bonds is 45. The fraction of sp³-hybridized carbons (Fsp3) is 0.902. The summed E-state index contributed by atoms with van der Waals surface area (Å²) in [6.07, 6.45) is 41.0. The molecule has 378 valence electrons. The molecule has 0 aromatic carbocycles. The number of amides is 1. The summed E-state index contributed by atoms with van der Waals surface area (Å²) in [4.78, 5) is 13.0. The Morgan fingerprint density at radius 2 is 1.00 bits per heavy atom. The Morgan fingerprint density at radius 3 is 1.41 bits per heavy atom. The third-order valence-electron chi connectivity index (χ3n) is 12.5. The van der Waals surface area contributed by atoms with E-state index < -0.39 is 59.9 Å². The molecule has 7 atom stereocenters. The van der Waals surface area contributed by atoms with Crippen molar-refractivity contribution >= 4 is 16.3 Å². The van der Waals surface area contributed by atoms with Crippen LogP contribution in [0.4, 0.5) is 0 Å². The predicted molar refractivity (Wildman–Crippen MR) is 259 cm³/mol. The van der Waals surface area contributed by atoms with Crippen molar-refractivity contribution in [3.63, 3.8) is 0 Å². The van der Waals surface area contributed by atoms with Crippen molar-refractivity contribution in [2.24, 2.45) is 0 Å². The first-order valence-corrected chi connectivity index (χ1v) is 27.6. The van der Waals surface area contributed by atoms with E-state index in [-0.39, 0.29) is 18.9 Å². The number of carbonyl (C=O) groups excluding carboxylic acids is 1. The van der Waals surface area contributed by atoms with Crippen LogP contribution in [0.25, 0.3) is 0 Å². The summed E-state index contributed by atoms with van der Waals surface area (Å²) in [5.74, 6) is -0.263. The lowest BCUT2D eigenvalue weighted by Crippen LogP contribution is -2.61. The standard InChI is InChI=1S/C51H97NO11S/c1-3-5-7-9-11-13-15-16-17-18-19-20-21-22-23-24-25-26-27-28-29-30-31-33-35-37-39-41-47(55)52-44(45(54)40-38-36-34-32-14-12-10-8-6-4-2)43-61-51-49(57)50(63-64(58,59)60)48(56)46(42-53)62-51/h22-23,38,40,44-46,48-51,53-54,56-57H,3-21,24-37,39,41-43H2,1-2H3,(H,52,55)(H,58,59,60)/b23-22-,40-38+. The quantitative estimate of drug-likeness (QED) is 0.0193. The van der Waals surface area contributed by atoms with Gasteiger partial charge in [0.25, 0.3) is 0 Å². The molecule has 0 bridgehead atoms. The molecule has 0 aliphatic carbocycles. The molecule has 0 spiro atoms. The molecule has 0 saturated carbocycles. The van der Waals surface area contributed by atoms with Gasteiger partial charge in [-0.25, -0.2) is 4.18 Å². The summed E-state index contributed by atoms with van der Waals surface area (Å²) >= 11 is 0.